The predicted molar refractivity (Wildman–Crippen MR) is 85.0 cm³/mol. The highest BCUT2D eigenvalue weighted by Gasteiger charge is 2.38. The van der Waals surface area contributed by atoms with Gasteiger partial charge in [-0.1, -0.05) is 25.2 Å². The van der Waals surface area contributed by atoms with E-state index >= 15 is 0 Å². The summed E-state index contributed by atoms with van der Waals surface area (Å²) < 4.78 is 23.1. The summed E-state index contributed by atoms with van der Waals surface area (Å²) in [5.41, 5.74) is -0.505. The number of hydrogen-bond acceptors (Lipinski definition) is 6. The van der Waals surface area contributed by atoms with Gasteiger partial charge in [-0.05, 0) is 25.6 Å². The van der Waals surface area contributed by atoms with Crippen LogP contribution in [-0.4, -0.2) is 40.8 Å². The molecule has 6 nitrogen and oxygen atoms in total. The first kappa shape index (κ1) is 15.6. The molecule has 1 aliphatic rings. The quantitative estimate of drug-likeness (QED) is 0.811. The van der Waals surface area contributed by atoms with Crippen LogP contribution in [0.4, 0.5) is 5.13 Å². The summed E-state index contributed by atoms with van der Waals surface area (Å²) in [5, 5.41) is 16.1. The van der Waals surface area contributed by atoms with E-state index in [2.05, 4.69) is 20.8 Å². The normalized spacial score (nSPS) is 24.8. The minimum Gasteiger partial charge on any atom is -0.356 e. The highest BCUT2D eigenvalue weighted by Crippen LogP contribution is 2.24. The van der Waals surface area contributed by atoms with Gasteiger partial charge in [-0.3, -0.25) is 0 Å². The van der Waals surface area contributed by atoms with Crippen LogP contribution in [-0.2, 0) is 9.84 Å². The molecule has 1 atom stereocenters. The monoisotopic (exact) mass is 334 g/mol. The molecule has 1 aromatic heterocycles. The number of nitrogens with one attached hydrogen (secondary N) is 2. The van der Waals surface area contributed by atoms with Crippen molar-refractivity contribution in [3.05, 3.63) is 5.01 Å². The van der Waals surface area contributed by atoms with Gasteiger partial charge in [-0.2, -0.15) is 0 Å². The van der Waals surface area contributed by atoms with Gasteiger partial charge in [-0.15, -0.1) is 10.2 Å². The topological polar surface area (TPSA) is 84.0 Å². The molecule has 0 radical (unpaired) electrons. The number of hydrogen-bond donors (Lipinski definition) is 2. The molecule has 112 valence electrons. The van der Waals surface area contributed by atoms with E-state index in [4.69, 9.17) is 12.2 Å². The first-order valence-corrected chi connectivity index (χ1v) is 9.37. The molecule has 0 saturated carbocycles. The third kappa shape index (κ3) is 3.86. The Kier molecular flexibility index (Phi) is 4.31. The Morgan fingerprint density at radius 2 is 2.15 bits per heavy atom. The molecule has 2 rings (SSSR count). The molecule has 0 bridgehead atoms. The number of sulfone groups is 1. The van der Waals surface area contributed by atoms with Crippen molar-refractivity contribution in [1.29, 1.82) is 0 Å². The molecule has 1 aliphatic heterocycles. The maximum absolute atomic E-state index is 11.5. The molecule has 0 aliphatic carbocycles. The first-order chi connectivity index (χ1) is 9.19. The van der Waals surface area contributed by atoms with Crippen molar-refractivity contribution in [1.82, 2.24) is 15.5 Å². The van der Waals surface area contributed by atoms with Gasteiger partial charge in [0.2, 0.25) is 5.13 Å². The summed E-state index contributed by atoms with van der Waals surface area (Å²) in [6, 6.07) is 0. The molecular formula is C11H18N4O2S3. The Morgan fingerprint density at radius 3 is 2.65 bits per heavy atom. The SMILES string of the molecule is CC(C)c1nnc(NC(=S)N[C@@]2(C)CCS(=O)(=O)C2)s1. The number of aromatic nitrogens is 2. The molecule has 2 heterocycles. The van der Waals surface area contributed by atoms with Crippen LogP contribution in [0.3, 0.4) is 0 Å². The maximum Gasteiger partial charge on any atom is 0.211 e. The number of rotatable bonds is 3. The number of anilines is 1. The fraction of sp³-hybridized carbons (Fsp3) is 0.727. The average Bonchev–Trinajstić information content (AvgIpc) is 2.83. The van der Waals surface area contributed by atoms with Crippen molar-refractivity contribution in [2.45, 2.75) is 38.6 Å². The van der Waals surface area contributed by atoms with E-state index in [-0.39, 0.29) is 11.5 Å². The van der Waals surface area contributed by atoms with Crippen molar-refractivity contribution in [2.24, 2.45) is 0 Å². The lowest BCUT2D eigenvalue weighted by Crippen LogP contribution is -2.48. The molecule has 0 spiro atoms. The lowest BCUT2D eigenvalue weighted by Gasteiger charge is -2.25. The van der Waals surface area contributed by atoms with Crippen LogP contribution in [0.15, 0.2) is 0 Å². The smallest absolute Gasteiger partial charge is 0.211 e. The standard InChI is InChI=1S/C11H18N4O2S3/c1-7(2)8-14-15-10(19-8)12-9(18)13-11(3)4-5-20(16,17)6-11/h7H,4-6H2,1-3H3,(H2,12,13,15,18)/t11-/m0/s1. The molecule has 20 heavy (non-hydrogen) atoms. The Hall–Kier alpha value is -0.800. The predicted octanol–water partition coefficient (Wildman–Crippen LogP) is 1.53. The lowest BCUT2D eigenvalue weighted by molar-refractivity contribution is 0.474. The lowest BCUT2D eigenvalue weighted by atomic mass is 10.0. The summed E-state index contributed by atoms with van der Waals surface area (Å²) in [6.07, 6.45) is 0.560. The molecule has 9 heteroatoms. The second kappa shape index (κ2) is 5.53. The molecule has 0 unspecified atom stereocenters. The van der Waals surface area contributed by atoms with E-state index in [1.54, 1.807) is 0 Å². The van der Waals surface area contributed by atoms with Crippen molar-refractivity contribution < 1.29 is 8.42 Å². The van der Waals surface area contributed by atoms with Crippen molar-refractivity contribution in [2.75, 3.05) is 16.8 Å². The molecular weight excluding hydrogens is 316 g/mol. The summed E-state index contributed by atoms with van der Waals surface area (Å²) in [6.45, 7) is 5.96. The molecule has 1 saturated heterocycles. The second-order valence-corrected chi connectivity index (χ2v) is 9.18. The third-order valence-corrected chi connectivity index (χ3v) is 6.32. The summed E-state index contributed by atoms with van der Waals surface area (Å²) >= 11 is 6.66. The van der Waals surface area contributed by atoms with E-state index < -0.39 is 15.4 Å². The Labute approximate surface area is 128 Å². The van der Waals surface area contributed by atoms with Crippen LogP contribution in [0, 0.1) is 0 Å². The summed E-state index contributed by atoms with van der Waals surface area (Å²) in [7, 11) is -2.95. The highest BCUT2D eigenvalue weighted by molar-refractivity contribution is 7.91. The Morgan fingerprint density at radius 1 is 1.45 bits per heavy atom. The van der Waals surface area contributed by atoms with Crippen molar-refractivity contribution in [3.63, 3.8) is 0 Å². The zero-order valence-electron chi connectivity index (χ0n) is 11.6. The number of nitrogens with zero attached hydrogens (tertiary/aromatic N) is 2. The van der Waals surface area contributed by atoms with Crippen molar-refractivity contribution >= 4 is 43.6 Å². The van der Waals surface area contributed by atoms with E-state index in [1.807, 2.05) is 20.8 Å². The molecule has 0 amide bonds. The maximum atomic E-state index is 11.5. The number of thiocarbonyl (C=S) groups is 1. The highest BCUT2D eigenvalue weighted by atomic mass is 32.2. The van der Waals surface area contributed by atoms with Gasteiger partial charge in [0.1, 0.15) is 5.01 Å². The molecule has 0 aromatic carbocycles. The largest absolute Gasteiger partial charge is 0.356 e. The van der Waals surface area contributed by atoms with Crippen LogP contribution in [0.5, 0.6) is 0 Å². The van der Waals surface area contributed by atoms with Gasteiger partial charge in [0.05, 0.1) is 17.0 Å². The zero-order chi connectivity index (χ0) is 15.0. The van der Waals surface area contributed by atoms with Crippen LogP contribution >= 0.6 is 23.6 Å². The Bertz CT molecular complexity index is 611. The Balaban J connectivity index is 1.95. The van der Waals surface area contributed by atoms with E-state index in [0.717, 1.165) is 5.01 Å². The fourth-order valence-corrected chi connectivity index (χ4v) is 5.28. The zero-order valence-corrected chi connectivity index (χ0v) is 14.1. The minimum absolute atomic E-state index is 0.106. The minimum atomic E-state index is -2.95. The second-order valence-electron chi connectivity index (χ2n) is 5.58. The fourth-order valence-electron chi connectivity index (χ4n) is 2.03. The summed E-state index contributed by atoms with van der Waals surface area (Å²) in [4.78, 5) is 0. The van der Waals surface area contributed by atoms with Gasteiger partial charge in [0.15, 0.2) is 14.9 Å². The van der Waals surface area contributed by atoms with Gasteiger partial charge in [0.25, 0.3) is 0 Å². The van der Waals surface area contributed by atoms with Crippen LogP contribution < -0.4 is 10.6 Å². The van der Waals surface area contributed by atoms with E-state index in [9.17, 15) is 8.42 Å². The van der Waals surface area contributed by atoms with Crippen LogP contribution in [0.1, 0.15) is 38.1 Å². The first-order valence-electron chi connectivity index (χ1n) is 6.32. The molecule has 1 aromatic rings. The van der Waals surface area contributed by atoms with Crippen LogP contribution in [0.2, 0.25) is 0 Å². The average molecular weight is 334 g/mol. The van der Waals surface area contributed by atoms with E-state index in [0.29, 0.717) is 22.6 Å². The van der Waals surface area contributed by atoms with Gasteiger partial charge in [-0.25, -0.2) is 8.42 Å². The van der Waals surface area contributed by atoms with Gasteiger partial charge < -0.3 is 10.6 Å². The third-order valence-electron chi connectivity index (χ3n) is 3.07. The van der Waals surface area contributed by atoms with E-state index in [1.165, 1.54) is 11.3 Å². The molecule has 2 N–H and O–H groups in total. The van der Waals surface area contributed by atoms with Crippen LogP contribution in [0.25, 0.3) is 0 Å². The van der Waals surface area contributed by atoms with Crippen molar-refractivity contribution in [3.8, 4) is 0 Å². The van der Waals surface area contributed by atoms with Gasteiger partial charge >= 0.3 is 0 Å². The molecule has 1 fully saturated rings. The van der Waals surface area contributed by atoms with Gasteiger partial charge in [0, 0.05) is 5.92 Å². The summed E-state index contributed by atoms with van der Waals surface area (Å²) in [5.74, 6) is 0.631.